The molecule has 0 atom stereocenters. The number of carbonyl (C=O) groups is 2. The van der Waals surface area contributed by atoms with E-state index in [9.17, 15) is 9.59 Å². The van der Waals surface area contributed by atoms with Crippen molar-refractivity contribution < 1.29 is 14.3 Å². The Morgan fingerprint density at radius 3 is 2.44 bits per heavy atom. The van der Waals surface area contributed by atoms with E-state index in [0.29, 0.717) is 35.3 Å². The first-order valence-corrected chi connectivity index (χ1v) is 8.70. The molecule has 3 rings (SSSR count). The van der Waals surface area contributed by atoms with E-state index in [-0.39, 0.29) is 5.56 Å². The Morgan fingerprint density at radius 2 is 1.76 bits per heavy atom. The van der Waals surface area contributed by atoms with Crippen molar-refractivity contribution in [1.82, 2.24) is 0 Å². The van der Waals surface area contributed by atoms with Gasteiger partial charge in [-0.15, -0.1) is 0 Å². The van der Waals surface area contributed by atoms with Gasteiger partial charge in [0.2, 0.25) is 0 Å². The number of aryl methyl sites for hydroxylation is 2. The van der Waals surface area contributed by atoms with Crippen LogP contribution in [-0.4, -0.2) is 24.8 Å². The summed E-state index contributed by atoms with van der Waals surface area (Å²) in [7, 11) is 0. The van der Waals surface area contributed by atoms with Crippen molar-refractivity contribution in [1.29, 1.82) is 0 Å². The number of ether oxygens (including phenoxy) is 1. The SMILES string of the molecule is Cc1cccc(C)c1OCCCN1C(=O)C(=O)c2cc(Cl)cc(Cl)c21. The molecule has 0 saturated carbocycles. The quantitative estimate of drug-likeness (QED) is 0.564. The zero-order chi connectivity index (χ0) is 18.1. The predicted molar refractivity (Wildman–Crippen MR) is 99.2 cm³/mol. The number of nitrogens with zero attached hydrogens (tertiary/aromatic N) is 1. The number of amides is 1. The van der Waals surface area contributed by atoms with Crippen LogP contribution >= 0.6 is 23.2 Å². The second-order valence-electron chi connectivity index (χ2n) is 5.99. The molecule has 0 aromatic heterocycles. The van der Waals surface area contributed by atoms with Gasteiger partial charge in [-0.1, -0.05) is 41.4 Å². The number of carbonyl (C=O) groups excluding carboxylic acids is 2. The summed E-state index contributed by atoms with van der Waals surface area (Å²) in [6.45, 7) is 4.77. The maximum atomic E-state index is 12.2. The van der Waals surface area contributed by atoms with E-state index < -0.39 is 11.7 Å². The first-order valence-electron chi connectivity index (χ1n) is 7.94. The van der Waals surface area contributed by atoms with E-state index >= 15 is 0 Å². The molecule has 0 saturated heterocycles. The van der Waals surface area contributed by atoms with E-state index in [1.54, 1.807) is 0 Å². The molecule has 130 valence electrons. The van der Waals surface area contributed by atoms with Crippen LogP contribution in [0.3, 0.4) is 0 Å². The molecule has 1 aliphatic heterocycles. The zero-order valence-electron chi connectivity index (χ0n) is 13.9. The summed E-state index contributed by atoms with van der Waals surface area (Å²) < 4.78 is 5.85. The summed E-state index contributed by atoms with van der Waals surface area (Å²) in [4.78, 5) is 25.8. The van der Waals surface area contributed by atoms with Gasteiger partial charge in [0, 0.05) is 11.6 Å². The van der Waals surface area contributed by atoms with Crippen molar-refractivity contribution in [3.05, 3.63) is 57.1 Å². The smallest absolute Gasteiger partial charge is 0.299 e. The fourth-order valence-electron chi connectivity index (χ4n) is 2.99. The molecular weight excluding hydrogens is 361 g/mol. The van der Waals surface area contributed by atoms with Crippen molar-refractivity contribution in [3.8, 4) is 5.75 Å². The van der Waals surface area contributed by atoms with Crippen molar-refractivity contribution in [2.75, 3.05) is 18.1 Å². The van der Waals surface area contributed by atoms with Gasteiger partial charge in [0.1, 0.15) is 5.75 Å². The zero-order valence-corrected chi connectivity index (χ0v) is 15.4. The van der Waals surface area contributed by atoms with Crippen LogP contribution in [0.15, 0.2) is 30.3 Å². The summed E-state index contributed by atoms with van der Waals surface area (Å²) in [6.07, 6.45) is 0.575. The molecule has 2 aromatic rings. The number of Topliss-reactive ketones (excluding diaryl/α,β-unsaturated/α-hetero) is 1. The highest BCUT2D eigenvalue weighted by Crippen LogP contribution is 2.38. The molecule has 0 bridgehead atoms. The van der Waals surface area contributed by atoms with Crippen molar-refractivity contribution in [2.24, 2.45) is 0 Å². The second kappa shape index (κ2) is 7.06. The highest BCUT2D eigenvalue weighted by atomic mass is 35.5. The third kappa shape index (κ3) is 3.37. The summed E-state index contributed by atoms with van der Waals surface area (Å²) in [5, 5.41) is 0.641. The van der Waals surface area contributed by atoms with E-state index in [2.05, 4.69) is 0 Å². The summed E-state index contributed by atoms with van der Waals surface area (Å²) >= 11 is 12.1. The normalized spacial score (nSPS) is 13.4. The second-order valence-corrected chi connectivity index (χ2v) is 6.84. The third-order valence-corrected chi connectivity index (χ3v) is 4.67. The van der Waals surface area contributed by atoms with E-state index in [0.717, 1.165) is 16.9 Å². The molecule has 6 heteroatoms. The first-order chi connectivity index (χ1) is 11.9. The summed E-state index contributed by atoms with van der Waals surface area (Å²) in [5.41, 5.74) is 2.83. The number of rotatable bonds is 5. The van der Waals surface area contributed by atoms with Gasteiger partial charge in [-0.25, -0.2) is 0 Å². The van der Waals surface area contributed by atoms with Crippen LogP contribution in [-0.2, 0) is 4.79 Å². The van der Waals surface area contributed by atoms with E-state index in [4.69, 9.17) is 27.9 Å². The average molecular weight is 378 g/mol. The molecule has 0 fully saturated rings. The lowest BCUT2D eigenvalue weighted by Gasteiger charge is -2.18. The largest absolute Gasteiger partial charge is 0.493 e. The van der Waals surface area contributed by atoms with Gasteiger partial charge >= 0.3 is 0 Å². The van der Waals surface area contributed by atoms with Crippen LogP contribution in [0.1, 0.15) is 27.9 Å². The van der Waals surface area contributed by atoms with Crippen molar-refractivity contribution in [3.63, 3.8) is 0 Å². The highest BCUT2D eigenvalue weighted by molar-refractivity contribution is 6.54. The van der Waals surface area contributed by atoms with E-state index in [1.165, 1.54) is 17.0 Å². The Balaban J connectivity index is 1.69. The number of hydrogen-bond acceptors (Lipinski definition) is 3. The van der Waals surface area contributed by atoms with Crippen LogP contribution < -0.4 is 9.64 Å². The molecule has 1 amide bonds. The summed E-state index contributed by atoms with van der Waals surface area (Å²) in [5.74, 6) is -0.294. The van der Waals surface area contributed by atoms with Gasteiger partial charge in [-0.05, 0) is 43.5 Å². The lowest BCUT2D eigenvalue weighted by Crippen LogP contribution is -2.31. The number of ketones is 1. The predicted octanol–water partition coefficient (Wildman–Crippen LogP) is 4.61. The topological polar surface area (TPSA) is 46.6 Å². The van der Waals surface area contributed by atoms with Crippen LogP contribution in [0.25, 0.3) is 0 Å². The van der Waals surface area contributed by atoms with Crippen LogP contribution in [0, 0.1) is 13.8 Å². The lowest BCUT2D eigenvalue weighted by atomic mass is 10.1. The monoisotopic (exact) mass is 377 g/mol. The molecule has 4 nitrogen and oxygen atoms in total. The Labute approximate surface area is 156 Å². The number of fused-ring (bicyclic) bond motifs is 1. The summed E-state index contributed by atoms with van der Waals surface area (Å²) in [6, 6.07) is 8.98. The first kappa shape index (κ1) is 17.8. The molecule has 0 spiro atoms. The number of anilines is 1. The maximum absolute atomic E-state index is 12.2. The van der Waals surface area contributed by atoms with Gasteiger partial charge < -0.3 is 9.64 Å². The molecule has 0 N–H and O–H groups in total. The Morgan fingerprint density at radius 1 is 1.08 bits per heavy atom. The maximum Gasteiger partial charge on any atom is 0.299 e. The minimum absolute atomic E-state index is 0.262. The van der Waals surface area contributed by atoms with Crippen LogP contribution in [0.4, 0.5) is 5.69 Å². The third-order valence-electron chi connectivity index (χ3n) is 4.16. The minimum atomic E-state index is -0.578. The van der Waals surface area contributed by atoms with Crippen molar-refractivity contribution in [2.45, 2.75) is 20.3 Å². The lowest BCUT2D eigenvalue weighted by molar-refractivity contribution is -0.114. The molecule has 0 unspecified atom stereocenters. The molecular formula is C19H17Cl2NO3. The molecule has 25 heavy (non-hydrogen) atoms. The van der Waals surface area contributed by atoms with Crippen LogP contribution in [0.5, 0.6) is 5.75 Å². The fourth-order valence-corrected chi connectivity index (χ4v) is 3.59. The number of para-hydroxylation sites is 1. The average Bonchev–Trinajstić information content (AvgIpc) is 2.79. The van der Waals surface area contributed by atoms with Crippen LogP contribution in [0.2, 0.25) is 10.0 Å². The fraction of sp³-hybridized carbons (Fsp3) is 0.263. The molecule has 2 aromatic carbocycles. The molecule has 0 radical (unpaired) electrons. The van der Waals surface area contributed by atoms with E-state index in [1.807, 2.05) is 32.0 Å². The number of halogens is 2. The molecule has 1 heterocycles. The highest BCUT2D eigenvalue weighted by Gasteiger charge is 2.37. The Bertz CT molecular complexity index is 844. The number of hydrogen-bond donors (Lipinski definition) is 0. The Kier molecular flexibility index (Phi) is 5.02. The van der Waals surface area contributed by atoms with Gasteiger partial charge in [0.15, 0.2) is 0 Å². The Hall–Kier alpha value is -2.04. The van der Waals surface area contributed by atoms with Crippen molar-refractivity contribution >= 4 is 40.6 Å². The standard InChI is InChI=1S/C19H17Cl2NO3/c1-11-5-3-6-12(2)18(11)25-8-4-7-22-16-14(17(23)19(22)24)9-13(20)10-15(16)21/h3,5-6,9-10H,4,7-8H2,1-2H3. The molecule has 0 aliphatic carbocycles. The van der Waals surface area contributed by atoms with Gasteiger partial charge in [0.05, 0.1) is 22.9 Å². The van der Waals surface area contributed by atoms with Gasteiger partial charge in [-0.2, -0.15) is 0 Å². The van der Waals surface area contributed by atoms with Gasteiger partial charge in [0.25, 0.3) is 11.7 Å². The van der Waals surface area contributed by atoms with Gasteiger partial charge in [-0.3, -0.25) is 9.59 Å². The minimum Gasteiger partial charge on any atom is -0.493 e. The molecule has 1 aliphatic rings. The number of benzene rings is 2.